The van der Waals surface area contributed by atoms with Crippen LogP contribution in [-0.2, 0) is 4.74 Å². The molecule has 0 aliphatic carbocycles. The van der Waals surface area contributed by atoms with Gasteiger partial charge in [0.05, 0.1) is 4.92 Å². The lowest BCUT2D eigenvalue weighted by Gasteiger charge is -2.34. The van der Waals surface area contributed by atoms with Crippen molar-refractivity contribution in [3.63, 3.8) is 0 Å². The van der Waals surface area contributed by atoms with E-state index in [0.29, 0.717) is 18.9 Å². The Bertz CT molecular complexity index is 532. The van der Waals surface area contributed by atoms with Crippen molar-refractivity contribution in [3.05, 3.63) is 34.4 Å². The molecule has 1 aromatic carbocycles. The van der Waals surface area contributed by atoms with Crippen molar-refractivity contribution in [3.8, 4) is 5.75 Å². The van der Waals surface area contributed by atoms with Crippen LogP contribution < -0.4 is 4.74 Å². The van der Waals surface area contributed by atoms with Crippen LogP contribution in [0.15, 0.2) is 24.3 Å². The maximum atomic E-state index is 12.4. The molecule has 2 rings (SSSR count). The van der Waals surface area contributed by atoms with Gasteiger partial charge in [-0.05, 0) is 44.2 Å². The third-order valence-corrected chi connectivity index (χ3v) is 4.00. The van der Waals surface area contributed by atoms with Gasteiger partial charge in [-0.2, -0.15) is 0 Å². The van der Waals surface area contributed by atoms with E-state index in [4.69, 9.17) is 9.47 Å². The predicted octanol–water partition coefficient (Wildman–Crippen LogP) is 3.37. The third-order valence-electron chi connectivity index (χ3n) is 4.00. The zero-order valence-corrected chi connectivity index (χ0v) is 13.3. The van der Waals surface area contributed by atoms with Crippen LogP contribution in [-0.4, -0.2) is 42.2 Å². The number of methoxy groups -OCH3 is 1. The average Bonchev–Trinajstić information content (AvgIpc) is 2.56. The molecular formula is C16H22N2O5. The fourth-order valence-electron chi connectivity index (χ4n) is 2.80. The highest BCUT2D eigenvalue weighted by Gasteiger charge is 2.27. The minimum absolute atomic E-state index is 0.0276. The third kappa shape index (κ3) is 4.92. The first-order valence-electron chi connectivity index (χ1n) is 7.83. The summed E-state index contributed by atoms with van der Waals surface area (Å²) in [7, 11) is 1.67. The van der Waals surface area contributed by atoms with Crippen LogP contribution in [0.1, 0.15) is 32.1 Å². The van der Waals surface area contributed by atoms with Gasteiger partial charge in [-0.3, -0.25) is 10.1 Å². The summed E-state index contributed by atoms with van der Waals surface area (Å²) in [5.74, 6) is 0.321. The van der Waals surface area contributed by atoms with Crippen molar-refractivity contribution >= 4 is 11.8 Å². The van der Waals surface area contributed by atoms with Crippen molar-refractivity contribution in [2.24, 2.45) is 0 Å². The van der Waals surface area contributed by atoms with E-state index in [1.54, 1.807) is 12.0 Å². The Morgan fingerprint density at radius 1 is 1.35 bits per heavy atom. The molecule has 1 heterocycles. The molecule has 7 heteroatoms. The van der Waals surface area contributed by atoms with Crippen LogP contribution in [0.4, 0.5) is 10.5 Å². The Hall–Kier alpha value is -2.15. The molecule has 0 bridgehead atoms. The molecule has 0 saturated carbocycles. The summed E-state index contributed by atoms with van der Waals surface area (Å²) in [5.41, 5.74) is -0.0276. The molecule has 0 N–H and O–H groups in total. The molecular weight excluding hydrogens is 300 g/mol. The van der Waals surface area contributed by atoms with Crippen LogP contribution in [0.2, 0.25) is 0 Å². The van der Waals surface area contributed by atoms with Gasteiger partial charge >= 0.3 is 6.09 Å². The van der Waals surface area contributed by atoms with Crippen molar-refractivity contribution in [1.29, 1.82) is 0 Å². The van der Waals surface area contributed by atoms with E-state index in [9.17, 15) is 14.9 Å². The number of nitro groups is 1. The van der Waals surface area contributed by atoms with Crippen molar-refractivity contribution in [2.75, 3.05) is 20.3 Å². The number of hydrogen-bond donors (Lipinski definition) is 0. The number of piperidine rings is 1. The SMILES string of the molecule is COCCCC1CCCCN1C(=O)Oc1ccc([N+](=O)[O-])cc1. The predicted molar refractivity (Wildman–Crippen MR) is 84.6 cm³/mol. The Balaban J connectivity index is 1.95. The number of hydrogen-bond acceptors (Lipinski definition) is 5. The van der Waals surface area contributed by atoms with E-state index in [0.717, 1.165) is 32.1 Å². The number of benzene rings is 1. The Labute approximate surface area is 135 Å². The molecule has 0 radical (unpaired) electrons. The number of ether oxygens (including phenoxy) is 2. The molecule has 1 amide bonds. The second-order valence-corrected chi connectivity index (χ2v) is 5.60. The molecule has 1 atom stereocenters. The van der Waals surface area contributed by atoms with Gasteiger partial charge in [-0.15, -0.1) is 0 Å². The molecule has 126 valence electrons. The molecule has 23 heavy (non-hydrogen) atoms. The molecule has 1 aliphatic rings. The standard InChI is InChI=1S/C16H22N2O5/c1-22-12-4-6-13-5-2-3-11-17(13)16(19)23-15-9-7-14(8-10-15)18(20)21/h7-10,13H,2-6,11-12H2,1H3. The number of non-ortho nitro benzene ring substituents is 1. The number of carbonyl (C=O) groups is 1. The number of nitro benzene ring substituents is 1. The second kappa shape index (κ2) is 8.47. The molecule has 7 nitrogen and oxygen atoms in total. The van der Waals surface area contributed by atoms with Crippen LogP contribution in [0.3, 0.4) is 0 Å². The van der Waals surface area contributed by atoms with Crippen molar-refractivity contribution in [1.82, 2.24) is 4.90 Å². The van der Waals surface area contributed by atoms with Crippen molar-refractivity contribution < 1.29 is 19.2 Å². The van der Waals surface area contributed by atoms with Gasteiger partial charge in [0.2, 0.25) is 0 Å². The highest BCUT2D eigenvalue weighted by atomic mass is 16.6. The maximum Gasteiger partial charge on any atom is 0.415 e. The van der Waals surface area contributed by atoms with Crippen LogP contribution in [0.5, 0.6) is 5.75 Å². The van der Waals surface area contributed by atoms with E-state index in [2.05, 4.69) is 0 Å². The van der Waals surface area contributed by atoms with Gasteiger partial charge in [-0.25, -0.2) is 4.79 Å². The fourth-order valence-corrected chi connectivity index (χ4v) is 2.80. The van der Waals surface area contributed by atoms with Gasteiger partial charge in [0, 0.05) is 38.4 Å². The highest BCUT2D eigenvalue weighted by Crippen LogP contribution is 2.23. The average molecular weight is 322 g/mol. The zero-order valence-electron chi connectivity index (χ0n) is 13.3. The lowest BCUT2D eigenvalue weighted by atomic mass is 9.99. The monoisotopic (exact) mass is 322 g/mol. The summed E-state index contributed by atoms with van der Waals surface area (Å²) >= 11 is 0. The summed E-state index contributed by atoms with van der Waals surface area (Å²) in [6, 6.07) is 5.72. The first kappa shape index (κ1) is 17.2. The fraction of sp³-hybridized carbons (Fsp3) is 0.562. The number of nitrogens with zero attached hydrogens (tertiary/aromatic N) is 2. The first-order valence-corrected chi connectivity index (χ1v) is 7.83. The van der Waals surface area contributed by atoms with Crippen LogP contribution >= 0.6 is 0 Å². The lowest BCUT2D eigenvalue weighted by molar-refractivity contribution is -0.384. The number of rotatable bonds is 6. The summed E-state index contributed by atoms with van der Waals surface area (Å²) in [6.07, 6.45) is 4.46. The van der Waals surface area contributed by atoms with Crippen LogP contribution in [0.25, 0.3) is 0 Å². The molecule has 0 aromatic heterocycles. The summed E-state index contributed by atoms with van der Waals surface area (Å²) in [5, 5.41) is 10.6. The normalized spacial score (nSPS) is 17.8. The topological polar surface area (TPSA) is 81.9 Å². The highest BCUT2D eigenvalue weighted by molar-refractivity contribution is 5.71. The summed E-state index contributed by atoms with van der Waals surface area (Å²) in [4.78, 5) is 24.3. The van der Waals surface area contributed by atoms with E-state index >= 15 is 0 Å². The van der Waals surface area contributed by atoms with E-state index in [1.165, 1.54) is 24.3 Å². The Morgan fingerprint density at radius 3 is 2.74 bits per heavy atom. The van der Waals surface area contributed by atoms with Gasteiger partial charge < -0.3 is 14.4 Å². The van der Waals surface area contributed by atoms with Crippen molar-refractivity contribution in [2.45, 2.75) is 38.1 Å². The smallest absolute Gasteiger partial charge is 0.410 e. The Kier molecular flexibility index (Phi) is 6.34. The number of likely N-dealkylation sites (tertiary alicyclic amines) is 1. The molecule has 1 saturated heterocycles. The molecule has 1 aliphatic heterocycles. The number of amides is 1. The van der Waals surface area contributed by atoms with E-state index < -0.39 is 4.92 Å². The molecule has 1 unspecified atom stereocenters. The number of carbonyl (C=O) groups excluding carboxylic acids is 1. The second-order valence-electron chi connectivity index (χ2n) is 5.60. The minimum atomic E-state index is -0.484. The van der Waals surface area contributed by atoms with Gasteiger partial charge in [0.25, 0.3) is 5.69 Å². The maximum absolute atomic E-state index is 12.4. The quantitative estimate of drug-likeness (QED) is 0.455. The first-order chi connectivity index (χ1) is 11.1. The van der Waals surface area contributed by atoms with E-state index in [-0.39, 0.29) is 17.8 Å². The summed E-state index contributed by atoms with van der Waals surface area (Å²) in [6.45, 7) is 1.37. The van der Waals surface area contributed by atoms with Gasteiger partial charge in [0.15, 0.2) is 0 Å². The zero-order chi connectivity index (χ0) is 16.7. The van der Waals surface area contributed by atoms with E-state index in [1.807, 2.05) is 0 Å². The largest absolute Gasteiger partial charge is 0.415 e. The minimum Gasteiger partial charge on any atom is -0.410 e. The summed E-state index contributed by atoms with van der Waals surface area (Å²) < 4.78 is 10.4. The molecule has 1 aromatic rings. The molecule has 0 spiro atoms. The lowest BCUT2D eigenvalue weighted by Crippen LogP contribution is -2.45. The van der Waals surface area contributed by atoms with Crippen LogP contribution in [0, 0.1) is 10.1 Å². The Morgan fingerprint density at radius 2 is 2.09 bits per heavy atom. The van der Waals surface area contributed by atoms with Gasteiger partial charge in [0.1, 0.15) is 5.75 Å². The van der Waals surface area contributed by atoms with Gasteiger partial charge in [-0.1, -0.05) is 0 Å². The molecule has 1 fully saturated rings.